The number of hydrogen-bond acceptors (Lipinski definition) is 3. The van der Waals surface area contributed by atoms with Crippen LogP contribution in [0, 0.1) is 0 Å². The molecule has 5 heteroatoms. The van der Waals surface area contributed by atoms with Gasteiger partial charge in [-0.25, -0.2) is 4.98 Å². The third-order valence-electron chi connectivity index (χ3n) is 5.92. The fourth-order valence-corrected chi connectivity index (χ4v) is 11.5. The Balaban J connectivity index is 2.47. The number of nitrogens with zero attached hydrogens (tertiary/aromatic N) is 2. The van der Waals surface area contributed by atoms with Crippen LogP contribution in [-0.2, 0) is 16.0 Å². The molecule has 0 saturated heterocycles. The molecule has 0 aliphatic carbocycles. The van der Waals surface area contributed by atoms with E-state index in [1.165, 1.54) is 18.1 Å². The molecule has 26 heavy (non-hydrogen) atoms. The zero-order valence-corrected chi connectivity index (χ0v) is 18.4. The maximum Gasteiger partial charge on any atom is 0.305 e. The molecule has 0 saturated carbocycles. The summed E-state index contributed by atoms with van der Waals surface area (Å²) in [5, 5.41) is 1.23. The van der Waals surface area contributed by atoms with Crippen molar-refractivity contribution in [1.82, 2.24) is 9.22 Å². The Kier molecular flexibility index (Phi) is 6.67. The van der Waals surface area contributed by atoms with Gasteiger partial charge in [0.25, 0.3) is 0 Å². The summed E-state index contributed by atoms with van der Waals surface area (Å²) >= 11 is 0. The van der Waals surface area contributed by atoms with Gasteiger partial charge in [0, 0.05) is 18.0 Å². The largest absolute Gasteiger partial charge is 0.469 e. The van der Waals surface area contributed by atoms with Gasteiger partial charge in [-0.15, -0.1) is 0 Å². The monoisotopic (exact) mass is 374 g/mol. The van der Waals surface area contributed by atoms with E-state index in [9.17, 15) is 4.79 Å². The predicted octanol–water partition coefficient (Wildman–Crippen LogP) is 5.56. The van der Waals surface area contributed by atoms with Crippen LogP contribution in [0.15, 0.2) is 24.5 Å². The SMILES string of the molecule is COC(=O)CCCc1ccnc2c1ccn2[Si](C(C)C)(C(C)C)C(C)C. The summed E-state index contributed by atoms with van der Waals surface area (Å²) in [5.41, 5.74) is 4.27. The van der Waals surface area contributed by atoms with E-state index in [-0.39, 0.29) is 5.97 Å². The number of aromatic nitrogens is 2. The van der Waals surface area contributed by atoms with Crippen LogP contribution >= 0.6 is 0 Å². The van der Waals surface area contributed by atoms with Gasteiger partial charge in [0.15, 0.2) is 8.24 Å². The molecule has 0 atom stereocenters. The molecular formula is C21H34N2O2Si. The van der Waals surface area contributed by atoms with Gasteiger partial charge in [-0.3, -0.25) is 4.79 Å². The molecule has 0 aromatic carbocycles. The third-order valence-corrected chi connectivity index (χ3v) is 12.7. The summed E-state index contributed by atoms with van der Waals surface area (Å²) in [6.45, 7) is 14.2. The van der Waals surface area contributed by atoms with E-state index in [1.807, 2.05) is 6.20 Å². The van der Waals surface area contributed by atoms with Crippen LogP contribution in [-0.4, -0.2) is 30.5 Å². The molecule has 0 radical (unpaired) electrons. The van der Waals surface area contributed by atoms with Gasteiger partial charge in [0.1, 0.15) is 5.65 Å². The first-order chi connectivity index (χ1) is 12.3. The van der Waals surface area contributed by atoms with Crippen LogP contribution in [0.5, 0.6) is 0 Å². The van der Waals surface area contributed by atoms with Gasteiger partial charge < -0.3 is 8.97 Å². The number of rotatable bonds is 8. The molecule has 2 rings (SSSR count). The fourth-order valence-electron chi connectivity index (χ4n) is 4.98. The Labute approximate surface area is 159 Å². The molecule has 0 aliphatic rings. The molecule has 0 bridgehead atoms. The minimum Gasteiger partial charge on any atom is -0.469 e. The molecule has 2 heterocycles. The average molecular weight is 375 g/mol. The summed E-state index contributed by atoms with van der Waals surface area (Å²) in [7, 11) is -0.368. The van der Waals surface area contributed by atoms with Crippen molar-refractivity contribution in [3.63, 3.8) is 0 Å². The van der Waals surface area contributed by atoms with Gasteiger partial charge in [0.05, 0.1) is 7.11 Å². The zero-order valence-electron chi connectivity index (χ0n) is 17.4. The molecule has 2 aromatic rings. The van der Waals surface area contributed by atoms with Gasteiger partial charge in [0.2, 0.25) is 0 Å². The summed E-state index contributed by atoms with van der Waals surface area (Å²) in [5.74, 6) is -0.140. The number of pyridine rings is 1. The second-order valence-electron chi connectivity index (χ2n) is 8.17. The quantitative estimate of drug-likeness (QED) is 0.449. The highest BCUT2D eigenvalue weighted by Crippen LogP contribution is 2.44. The lowest BCUT2D eigenvalue weighted by Crippen LogP contribution is -2.51. The Morgan fingerprint density at radius 1 is 1.12 bits per heavy atom. The third kappa shape index (κ3) is 3.59. The second kappa shape index (κ2) is 8.38. The molecule has 0 fully saturated rings. The van der Waals surface area contributed by atoms with Crippen molar-refractivity contribution in [2.45, 2.75) is 77.4 Å². The predicted molar refractivity (Wildman–Crippen MR) is 111 cm³/mol. The molecule has 0 aliphatic heterocycles. The summed E-state index contributed by atoms with van der Waals surface area (Å²) in [6, 6.07) is 4.32. The van der Waals surface area contributed by atoms with Crippen LogP contribution in [0.1, 0.15) is 59.9 Å². The van der Waals surface area contributed by atoms with Gasteiger partial charge in [-0.2, -0.15) is 0 Å². The minimum atomic E-state index is -1.81. The minimum absolute atomic E-state index is 0.140. The smallest absolute Gasteiger partial charge is 0.305 e. The number of esters is 1. The van der Waals surface area contributed by atoms with E-state index >= 15 is 0 Å². The van der Waals surface area contributed by atoms with Gasteiger partial charge in [-0.05, 0) is 53.4 Å². The first-order valence-corrected chi connectivity index (χ1v) is 12.0. The standard InChI is InChI=1S/C21H34N2O2Si/c1-15(2)26(16(3)4,17(5)6)23-14-12-19-18(11-13-22-21(19)23)9-8-10-20(24)25-7/h11-17H,8-10H2,1-7H3. The normalized spacial score (nSPS) is 12.5. The van der Waals surface area contributed by atoms with Crippen LogP contribution in [0.3, 0.4) is 0 Å². The van der Waals surface area contributed by atoms with Crippen molar-refractivity contribution in [2.75, 3.05) is 7.11 Å². The van der Waals surface area contributed by atoms with E-state index in [0.29, 0.717) is 23.0 Å². The van der Waals surface area contributed by atoms with E-state index in [0.717, 1.165) is 18.5 Å². The van der Waals surface area contributed by atoms with Crippen molar-refractivity contribution in [1.29, 1.82) is 0 Å². The highest BCUT2D eigenvalue weighted by molar-refractivity contribution is 6.82. The Bertz CT molecular complexity index is 728. The topological polar surface area (TPSA) is 44.1 Å². The first kappa shape index (κ1) is 20.7. The summed E-state index contributed by atoms with van der Waals surface area (Å²) in [4.78, 5) is 16.2. The number of aryl methyl sites for hydroxylation is 1. The Hall–Kier alpha value is -1.62. The van der Waals surface area contributed by atoms with E-state index in [4.69, 9.17) is 9.72 Å². The first-order valence-electron chi connectivity index (χ1n) is 9.78. The fraction of sp³-hybridized carbons (Fsp3) is 0.619. The number of carbonyl (C=O) groups is 1. The Morgan fingerprint density at radius 2 is 1.73 bits per heavy atom. The van der Waals surface area contributed by atoms with Crippen LogP contribution < -0.4 is 0 Å². The van der Waals surface area contributed by atoms with Crippen LogP contribution in [0.4, 0.5) is 0 Å². The van der Waals surface area contributed by atoms with Crippen LogP contribution in [0.2, 0.25) is 16.6 Å². The molecule has 4 nitrogen and oxygen atoms in total. The number of ether oxygens (including phenoxy) is 1. The summed E-state index contributed by atoms with van der Waals surface area (Å²) < 4.78 is 7.30. The maximum absolute atomic E-state index is 11.4. The highest BCUT2D eigenvalue weighted by atomic mass is 28.3. The van der Waals surface area contributed by atoms with Gasteiger partial charge in [-0.1, -0.05) is 41.5 Å². The van der Waals surface area contributed by atoms with Crippen molar-refractivity contribution >= 4 is 25.2 Å². The maximum atomic E-state index is 11.4. The number of methoxy groups -OCH3 is 1. The lowest BCUT2D eigenvalue weighted by molar-refractivity contribution is -0.140. The second-order valence-corrected chi connectivity index (χ2v) is 13.9. The average Bonchev–Trinajstić information content (AvgIpc) is 2.99. The van der Waals surface area contributed by atoms with Gasteiger partial charge >= 0.3 is 5.97 Å². The van der Waals surface area contributed by atoms with E-state index in [2.05, 4.69) is 64.1 Å². The molecule has 0 spiro atoms. The zero-order chi connectivity index (χ0) is 19.5. The molecule has 2 aromatic heterocycles. The molecule has 144 valence electrons. The number of hydrogen-bond donors (Lipinski definition) is 0. The highest BCUT2D eigenvalue weighted by Gasteiger charge is 2.46. The van der Waals surface area contributed by atoms with E-state index < -0.39 is 8.24 Å². The van der Waals surface area contributed by atoms with Crippen LogP contribution in [0.25, 0.3) is 11.0 Å². The molecule has 0 N–H and O–H groups in total. The van der Waals surface area contributed by atoms with Crippen molar-refractivity contribution in [3.05, 3.63) is 30.1 Å². The van der Waals surface area contributed by atoms with E-state index in [1.54, 1.807) is 0 Å². The Morgan fingerprint density at radius 3 is 2.27 bits per heavy atom. The number of carbonyl (C=O) groups excluding carboxylic acids is 1. The lowest BCUT2D eigenvalue weighted by atomic mass is 10.1. The number of fused-ring (bicyclic) bond motifs is 1. The van der Waals surface area contributed by atoms with Crippen molar-refractivity contribution in [2.24, 2.45) is 0 Å². The lowest BCUT2D eigenvalue weighted by Gasteiger charge is -2.44. The summed E-state index contributed by atoms with van der Waals surface area (Å²) in [6.07, 6.45) is 6.33. The molecule has 0 amide bonds. The molecule has 0 unspecified atom stereocenters. The van der Waals surface area contributed by atoms with Crippen molar-refractivity contribution < 1.29 is 9.53 Å². The van der Waals surface area contributed by atoms with Crippen molar-refractivity contribution in [3.8, 4) is 0 Å². The molecular weight excluding hydrogens is 340 g/mol.